The molecule has 29 heavy (non-hydrogen) atoms. The number of hydrogen-bond donors (Lipinski definition) is 2. The molecule has 0 bridgehead atoms. The Kier molecular flexibility index (Phi) is 4.95. The molecule has 1 aliphatic heterocycles. The van der Waals surface area contributed by atoms with Crippen molar-refractivity contribution in [2.75, 3.05) is 10.6 Å². The molecule has 142 valence electrons. The molecule has 1 heterocycles. The van der Waals surface area contributed by atoms with Crippen LogP contribution < -0.4 is 10.6 Å². The third-order valence-electron chi connectivity index (χ3n) is 4.80. The van der Waals surface area contributed by atoms with Gasteiger partial charge in [-0.3, -0.25) is 4.79 Å². The Morgan fingerprint density at radius 3 is 1.93 bits per heavy atom. The fourth-order valence-corrected chi connectivity index (χ4v) is 3.22. The summed E-state index contributed by atoms with van der Waals surface area (Å²) < 4.78 is 0. The van der Waals surface area contributed by atoms with E-state index in [0.29, 0.717) is 35.6 Å². The van der Waals surface area contributed by atoms with Crippen molar-refractivity contribution >= 4 is 23.3 Å². The Labute approximate surface area is 168 Å². The van der Waals surface area contributed by atoms with Crippen molar-refractivity contribution in [2.45, 2.75) is 13.1 Å². The van der Waals surface area contributed by atoms with Crippen LogP contribution in [-0.4, -0.2) is 16.8 Å². The quantitative estimate of drug-likeness (QED) is 0.706. The number of nitrogens with one attached hydrogen (secondary N) is 2. The molecule has 2 N–H and O–H groups in total. The number of hydrogen-bond acceptors (Lipinski definition) is 3. The van der Waals surface area contributed by atoms with Crippen molar-refractivity contribution in [3.05, 3.63) is 95.1 Å². The SMILES string of the molecule is N#Cc1ccc(NC(=O)c2ccc(NC(=O)N3Cc4ccccc4C3)cc2)cc1. The maximum atomic E-state index is 12.5. The van der Waals surface area contributed by atoms with E-state index in [0.717, 1.165) is 11.1 Å². The topological polar surface area (TPSA) is 85.2 Å². The summed E-state index contributed by atoms with van der Waals surface area (Å²) in [5, 5.41) is 14.5. The molecule has 0 spiro atoms. The first-order valence-corrected chi connectivity index (χ1v) is 9.17. The van der Waals surface area contributed by atoms with Crippen LogP contribution in [0.15, 0.2) is 72.8 Å². The molecule has 4 rings (SSSR count). The van der Waals surface area contributed by atoms with Gasteiger partial charge in [0.2, 0.25) is 0 Å². The number of carbonyl (C=O) groups excluding carboxylic acids is 2. The van der Waals surface area contributed by atoms with Crippen LogP contribution >= 0.6 is 0 Å². The van der Waals surface area contributed by atoms with Crippen LogP contribution in [0.4, 0.5) is 16.2 Å². The Bertz CT molecular complexity index is 1070. The molecule has 0 aliphatic carbocycles. The fraction of sp³-hybridized carbons (Fsp3) is 0.0870. The molecule has 0 unspecified atom stereocenters. The number of benzene rings is 3. The van der Waals surface area contributed by atoms with Crippen LogP contribution in [0.5, 0.6) is 0 Å². The number of fused-ring (bicyclic) bond motifs is 1. The number of nitrogens with zero attached hydrogens (tertiary/aromatic N) is 2. The highest BCUT2D eigenvalue weighted by Crippen LogP contribution is 2.23. The minimum Gasteiger partial charge on any atom is -0.322 e. The molecule has 3 aromatic rings. The van der Waals surface area contributed by atoms with E-state index in [2.05, 4.69) is 10.6 Å². The number of nitriles is 1. The lowest BCUT2D eigenvalue weighted by Crippen LogP contribution is -2.30. The molecule has 0 fully saturated rings. The molecule has 0 saturated carbocycles. The summed E-state index contributed by atoms with van der Waals surface area (Å²) in [4.78, 5) is 26.6. The Morgan fingerprint density at radius 1 is 0.793 bits per heavy atom. The van der Waals surface area contributed by atoms with E-state index in [4.69, 9.17) is 5.26 Å². The minimum absolute atomic E-state index is 0.170. The zero-order valence-electron chi connectivity index (χ0n) is 15.6. The molecule has 0 atom stereocenters. The van der Waals surface area contributed by atoms with Gasteiger partial charge in [0, 0.05) is 30.0 Å². The van der Waals surface area contributed by atoms with E-state index >= 15 is 0 Å². The van der Waals surface area contributed by atoms with Gasteiger partial charge < -0.3 is 15.5 Å². The van der Waals surface area contributed by atoms with Crippen molar-refractivity contribution < 1.29 is 9.59 Å². The van der Waals surface area contributed by atoms with Gasteiger partial charge in [0.05, 0.1) is 11.6 Å². The third-order valence-corrected chi connectivity index (χ3v) is 4.80. The van der Waals surface area contributed by atoms with Crippen molar-refractivity contribution in [2.24, 2.45) is 0 Å². The van der Waals surface area contributed by atoms with Gasteiger partial charge in [-0.05, 0) is 59.7 Å². The molecule has 0 radical (unpaired) electrons. The Balaban J connectivity index is 1.36. The highest BCUT2D eigenvalue weighted by molar-refractivity contribution is 6.04. The summed E-state index contributed by atoms with van der Waals surface area (Å²) >= 11 is 0. The predicted molar refractivity (Wildman–Crippen MR) is 110 cm³/mol. The van der Waals surface area contributed by atoms with Gasteiger partial charge in [0.25, 0.3) is 5.91 Å². The first kappa shape index (κ1) is 18.3. The normalized spacial score (nSPS) is 12.0. The van der Waals surface area contributed by atoms with E-state index in [-0.39, 0.29) is 11.9 Å². The van der Waals surface area contributed by atoms with Gasteiger partial charge in [0.15, 0.2) is 0 Å². The standard InChI is InChI=1S/C23H18N4O2/c24-13-16-5-9-20(10-6-16)25-22(28)17-7-11-21(12-8-17)26-23(29)27-14-18-3-1-2-4-19(18)15-27/h1-12H,14-15H2,(H,25,28)(H,26,29). The van der Waals surface area contributed by atoms with Gasteiger partial charge in [-0.25, -0.2) is 4.79 Å². The van der Waals surface area contributed by atoms with Gasteiger partial charge >= 0.3 is 6.03 Å². The van der Waals surface area contributed by atoms with E-state index < -0.39 is 0 Å². The van der Waals surface area contributed by atoms with Crippen molar-refractivity contribution in [1.29, 1.82) is 5.26 Å². The molecular formula is C23H18N4O2. The third kappa shape index (κ3) is 4.09. The molecule has 3 aromatic carbocycles. The average molecular weight is 382 g/mol. The lowest BCUT2D eigenvalue weighted by atomic mass is 10.1. The van der Waals surface area contributed by atoms with Crippen molar-refractivity contribution in [3.8, 4) is 6.07 Å². The lowest BCUT2D eigenvalue weighted by molar-refractivity contribution is 0.102. The maximum absolute atomic E-state index is 12.5. The predicted octanol–water partition coefficient (Wildman–Crippen LogP) is 4.36. The van der Waals surface area contributed by atoms with E-state index in [1.807, 2.05) is 30.3 Å². The Hall–Kier alpha value is -4.11. The van der Waals surface area contributed by atoms with Crippen LogP contribution in [0.1, 0.15) is 27.0 Å². The molecule has 1 aliphatic rings. The second-order valence-electron chi connectivity index (χ2n) is 6.78. The van der Waals surface area contributed by atoms with Gasteiger partial charge in [-0.1, -0.05) is 24.3 Å². The zero-order valence-corrected chi connectivity index (χ0v) is 15.6. The number of rotatable bonds is 3. The first-order valence-electron chi connectivity index (χ1n) is 9.17. The maximum Gasteiger partial charge on any atom is 0.322 e. The van der Waals surface area contributed by atoms with Gasteiger partial charge in [0.1, 0.15) is 0 Å². The summed E-state index contributed by atoms with van der Waals surface area (Å²) in [5.74, 6) is -0.262. The van der Waals surface area contributed by atoms with E-state index in [9.17, 15) is 9.59 Å². The molecule has 0 saturated heterocycles. The number of carbonyl (C=O) groups is 2. The number of urea groups is 1. The molecule has 6 nitrogen and oxygen atoms in total. The van der Waals surface area contributed by atoms with Crippen LogP contribution in [-0.2, 0) is 13.1 Å². The van der Waals surface area contributed by atoms with Crippen LogP contribution in [0.25, 0.3) is 0 Å². The van der Waals surface area contributed by atoms with Gasteiger partial charge in [-0.2, -0.15) is 5.26 Å². The molecule has 6 heteroatoms. The fourth-order valence-electron chi connectivity index (χ4n) is 3.22. The van der Waals surface area contributed by atoms with Crippen LogP contribution in [0.2, 0.25) is 0 Å². The minimum atomic E-state index is -0.262. The van der Waals surface area contributed by atoms with Crippen molar-refractivity contribution in [3.63, 3.8) is 0 Å². The first-order chi connectivity index (χ1) is 14.1. The number of anilines is 2. The average Bonchev–Trinajstić information content (AvgIpc) is 3.19. The van der Waals surface area contributed by atoms with Crippen molar-refractivity contribution in [1.82, 2.24) is 4.90 Å². The largest absolute Gasteiger partial charge is 0.322 e. The lowest BCUT2D eigenvalue weighted by Gasteiger charge is -2.16. The van der Waals surface area contributed by atoms with Crippen LogP contribution in [0.3, 0.4) is 0 Å². The summed E-state index contributed by atoms with van der Waals surface area (Å²) in [6, 6.07) is 23.3. The highest BCUT2D eigenvalue weighted by atomic mass is 16.2. The monoisotopic (exact) mass is 382 g/mol. The smallest absolute Gasteiger partial charge is 0.322 e. The zero-order chi connectivity index (χ0) is 20.2. The molecule has 0 aromatic heterocycles. The number of amides is 3. The van der Waals surface area contributed by atoms with E-state index in [1.165, 1.54) is 0 Å². The summed E-state index contributed by atoms with van der Waals surface area (Å²) in [6.45, 7) is 1.18. The second-order valence-corrected chi connectivity index (χ2v) is 6.78. The van der Waals surface area contributed by atoms with Crippen LogP contribution in [0, 0.1) is 11.3 Å². The van der Waals surface area contributed by atoms with E-state index in [1.54, 1.807) is 53.4 Å². The Morgan fingerprint density at radius 2 is 1.34 bits per heavy atom. The highest BCUT2D eigenvalue weighted by Gasteiger charge is 2.22. The molecule has 3 amide bonds. The van der Waals surface area contributed by atoms with Gasteiger partial charge in [-0.15, -0.1) is 0 Å². The second kappa shape index (κ2) is 7.87. The summed E-state index contributed by atoms with van der Waals surface area (Å²) in [6.07, 6.45) is 0. The summed E-state index contributed by atoms with van der Waals surface area (Å²) in [7, 11) is 0. The summed E-state index contributed by atoms with van der Waals surface area (Å²) in [5.41, 5.74) is 4.57. The molecular weight excluding hydrogens is 364 g/mol.